The van der Waals surface area contributed by atoms with Crippen LogP contribution in [0.4, 0.5) is 0 Å². The van der Waals surface area contributed by atoms with E-state index in [2.05, 4.69) is 221 Å². The number of fused-ring (bicyclic) bond motifs is 9. The van der Waals surface area contributed by atoms with Crippen molar-refractivity contribution in [2.45, 2.75) is 31.6 Å². The minimum atomic E-state index is -0.383. The molecule has 2 aliphatic rings. The van der Waals surface area contributed by atoms with Gasteiger partial charge in [-0.05, 0) is 95.7 Å². The summed E-state index contributed by atoms with van der Waals surface area (Å²) in [6.07, 6.45) is 0. The van der Waals surface area contributed by atoms with E-state index in [1.165, 1.54) is 82.7 Å². The molecular formula is C59H42N2. The van der Waals surface area contributed by atoms with Gasteiger partial charge in [0.05, 0.1) is 11.4 Å². The van der Waals surface area contributed by atoms with Gasteiger partial charge in [0.2, 0.25) is 0 Å². The summed E-state index contributed by atoms with van der Waals surface area (Å²) in [6, 6.07) is 73.0. The lowest BCUT2D eigenvalue weighted by Crippen LogP contribution is -2.23. The zero-order chi connectivity index (χ0) is 40.9. The van der Waals surface area contributed by atoms with Crippen molar-refractivity contribution < 1.29 is 0 Å². The minimum absolute atomic E-state index is 0.197. The number of aromatic nitrogens is 2. The average Bonchev–Trinajstić information content (AvgIpc) is 3.73. The summed E-state index contributed by atoms with van der Waals surface area (Å²) < 4.78 is 0. The van der Waals surface area contributed by atoms with Crippen LogP contribution < -0.4 is 0 Å². The van der Waals surface area contributed by atoms with E-state index in [-0.39, 0.29) is 10.8 Å². The predicted octanol–water partition coefficient (Wildman–Crippen LogP) is 15.1. The van der Waals surface area contributed by atoms with Crippen molar-refractivity contribution in [3.05, 3.63) is 228 Å². The lowest BCUT2D eigenvalue weighted by Gasteiger charge is -2.30. The Balaban J connectivity index is 1.07. The molecule has 0 saturated carbocycles. The number of benzene rings is 9. The molecule has 1 unspecified atom stereocenters. The summed E-state index contributed by atoms with van der Waals surface area (Å²) in [6.45, 7) is 7.18. The van der Waals surface area contributed by atoms with Crippen LogP contribution in [-0.2, 0) is 10.8 Å². The van der Waals surface area contributed by atoms with E-state index in [1.54, 1.807) is 0 Å². The highest BCUT2D eigenvalue weighted by Gasteiger charge is 2.43. The molecule has 0 aliphatic heterocycles. The molecule has 12 rings (SSSR count). The highest BCUT2D eigenvalue weighted by Crippen LogP contribution is 2.57. The van der Waals surface area contributed by atoms with Gasteiger partial charge in [-0.3, -0.25) is 0 Å². The Morgan fingerprint density at radius 3 is 1.61 bits per heavy atom. The Morgan fingerprint density at radius 2 is 0.852 bits per heavy atom. The molecule has 288 valence electrons. The molecule has 2 nitrogen and oxygen atoms in total. The van der Waals surface area contributed by atoms with Crippen molar-refractivity contribution in [3.8, 4) is 67.3 Å². The van der Waals surface area contributed by atoms with E-state index < -0.39 is 0 Å². The van der Waals surface area contributed by atoms with Gasteiger partial charge in [-0.15, -0.1) is 0 Å². The molecule has 0 radical (unpaired) electrons. The highest BCUT2D eigenvalue weighted by molar-refractivity contribution is 6.07. The molecule has 1 heterocycles. The predicted molar refractivity (Wildman–Crippen MR) is 254 cm³/mol. The van der Waals surface area contributed by atoms with Gasteiger partial charge in [-0.2, -0.15) is 0 Å². The molecular weight excluding hydrogens is 737 g/mol. The van der Waals surface area contributed by atoms with Crippen molar-refractivity contribution in [1.82, 2.24) is 9.97 Å². The van der Waals surface area contributed by atoms with Gasteiger partial charge in [0.15, 0.2) is 5.82 Å². The lowest BCUT2D eigenvalue weighted by atomic mass is 9.72. The Labute approximate surface area is 356 Å². The molecule has 1 atom stereocenters. The van der Waals surface area contributed by atoms with Crippen LogP contribution >= 0.6 is 0 Å². The number of rotatable bonds is 5. The van der Waals surface area contributed by atoms with Gasteiger partial charge < -0.3 is 0 Å². The van der Waals surface area contributed by atoms with Crippen LogP contribution in [0.1, 0.15) is 48.6 Å². The van der Waals surface area contributed by atoms with E-state index in [0.29, 0.717) is 5.82 Å². The van der Waals surface area contributed by atoms with Crippen LogP contribution in [-0.4, -0.2) is 9.97 Å². The van der Waals surface area contributed by atoms with Crippen LogP contribution in [0, 0.1) is 0 Å². The summed E-state index contributed by atoms with van der Waals surface area (Å²) in [5.74, 6) is 0.711. The number of nitrogens with zero attached hydrogens (tertiary/aromatic N) is 2. The van der Waals surface area contributed by atoms with Crippen LogP contribution in [0.3, 0.4) is 0 Å². The number of hydrogen-bond acceptors (Lipinski definition) is 2. The molecule has 0 N–H and O–H groups in total. The largest absolute Gasteiger partial charge is 0.228 e. The first kappa shape index (κ1) is 35.5. The van der Waals surface area contributed by atoms with Gasteiger partial charge in [0.25, 0.3) is 0 Å². The molecule has 2 aliphatic carbocycles. The minimum Gasteiger partial charge on any atom is -0.228 e. The Hall–Kier alpha value is -7.42. The second-order valence-electron chi connectivity index (χ2n) is 17.4. The molecule has 0 saturated heterocycles. The van der Waals surface area contributed by atoms with E-state index in [1.807, 2.05) is 0 Å². The summed E-state index contributed by atoms with van der Waals surface area (Å²) in [5.41, 5.74) is 18.8. The Bertz CT molecular complexity index is 3400. The zero-order valence-electron chi connectivity index (χ0n) is 34.4. The monoisotopic (exact) mass is 778 g/mol. The SMILES string of the molecule is CC1(C)c2c(cccc2-c2ccc(-c3cc(-c4cccc5c4C(C)(c4ccccc4)c4ccccc4-5)nc(-c4ccccc4)n3)c3ccccc23)-c2ccc3ccccc3c21. The third kappa shape index (κ3) is 5.15. The standard InChI is InChI=1S/C59H42N2/c1-58(2)54-40-23-11-10-18-37(40)32-33-49(54)48-29-16-27-46(55(48)58)43-34-35-45(42-25-13-12-24-41(42)43)52-36-53(61-57(60-52)38-19-6-4-7-20-38)50-30-17-28-47-44-26-14-15-31-51(44)59(3,56(47)50)39-21-8-5-9-22-39/h4-36H,1-3H3. The second kappa shape index (κ2) is 13.3. The first-order valence-electron chi connectivity index (χ1n) is 21.3. The topological polar surface area (TPSA) is 25.8 Å². The van der Waals surface area contributed by atoms with E-state index in [4.69, 9.17) is 9.97 Å². The highest BCUT2D eigenvalue weighted by atomic mass is 14.9. The van der Waals surface area contributed by atoms with Crippen molar-refractivity contribution in [2.75, 3.05) is 0 Å². The van der Waals surface area contributed by atoms with Crippen LogP contribution in [0.5, 0.6) is 0 Å². The van der Waals surface area contributed by atoms with Gasteiger partial charge in [0.1, 0.15) is 0 Å². The third-order valence-electron chi connectivity index (χ3n) is 13.7. The maximum atomic E-state index is 5.43. The summed E-state index contributed by atoms with van der Waals surface area (Å²) in [7, 11) is 0. The summed E-state index contributed by atoms with van der Waals surface area (Å²) in [5, 5.41) is 4.99. The van der Waals surface area contributed by atoms with E-state index in [0.717, 1.165) is 28.1 Å². The normalized spacial score (nSPS) is 15.7. The Kier molecular flexibility index (Phi) is 7.74. The molecule has 2 heteroatoms. The molecule has 0 bridgehead atoms. The molecule has 0 fully saturated rings. The van der Waals surface area contributed by atoms with Crippen molar-refractivity contribution >= 4 is 21.5 Å². The third-order valence-corrected chi connectivity index (χ3v) is 13.7. The molecule has 0 spiro atoms. The van der Waals surface area contributed by atoms with Gasteiger partial charge in [-0.1, -0.05) is 208 Å². The second-order valence-corrected chi connectivity index (χ2v) is 17.4. The first-order chi connectivity index (χ1) is 29.9. The fourth-order valence-corrected chi connectivity index (χ4v) is 11.1. The van der Waals surface area contributed by atoms with Crippen molar-refractivity contribution in [2.24, 2.45) is 0 Å². The number of hydrogen-bond donors (Lipinski definition) is 0. The fourth-order valence-electron chi connectivity index (χ4n) is 11.1. The summed E-state index contributed by atoms with van der Waals surface area (Å²) >= 11 is 0. The molecule has 0 amide bonds. The average molecular weight is 779 g/mol. The first-order valence-corrected chi connectivity index (χ1v) is 21.3. The van der Waals surface area contributed by atoms with Crippen molar-refractivity contribution in [1.29, 1.82) is 0 Å². The quantitative estimate of drug-likeness (QED) is 0.174. The smallest absolute Gasteiger partial charge is 0.160 e. The van der Waals surface area contributed by atoms with Crippen LogP contribution in [0.15, 0.2) is 200 Å². The van der Waals surface area contributed by atoms with Crippen molar-refractivity contribution in [3.63, 3.8) is 0 Å². The Morgan fingerprint density at radius 1 is 0.344 bits per heavy atom. The van der Waals surface area contributed by atoms with Crippen LogP contribution in [0.2, 0.25) is 0 Å². The van der Waals surface area contributed by atoms with Gasteiger partial charge >= 0.3 is 0 Å². The molecule has 9 aromatic carbocycles. The maximum absolute atomic E-state index is 5.43. The van der Waals surface area contributed by atoms with E-state index in [9.17, 15) is 0 Å². The zero-order valence-corrected chi connectivity index (χ0v) is 34.4. The molecule has 61 heavy (non-hydrogen) atoms. The van der Waals surface area contributed by atoms with E-state index >= 15 is 0 Å². The van der Waals surface area contributed by atoms with Gasteiger partial charge in [-0.25, -0.2) is 9.97 Å². The molecule has 1 aromatic heterocycles. The lowest BCUT2D eigenvalue weighted by molar-refractivity contribution is 0.668. The maximum Gasteiger partial charge on any atom is 0.160 e. The fraction of sp³-hybridized carbons (Fsp3) is 0.0847. The van der Waals surface area contributed by atoms with Gasteiger partial charge in [0, 0.05) is 27.5 Å². The molecule has 10 aromatic rings. The van der Waals surface area contributed by atoms with Crippen LogP contribution in [0.25, 0.3) is 88.8 Å². The summed E-state index contributed by atoms with van der Waals surface area (Å²) in [4.78, 5) is 10.8.